The van der Waals surface area contributed by atoms with Gasteiger partial charge in [0.1, 0.15) is 0 Å². The molecule has 4 heteroatoms. The molecule has 1 aromatic carbocycles. The van der Waals surface area contributed by atoms with E-state index in [-0.39, 0.29) is 11.3 Å². The van der Waals surface area contributed by atoms with Crippen molar-refractivity contribution in [2.24, 2.45) is 11.8 Å². The van der Waals surface area contributed by atoms with E-state index < -0.39 is 0 Å². The zero-order valence-corrected chi connectivity index (χ0v) is 17.9. The van der Waals surface area contributed by atoms with Gasteiger partial charge in [-0.2, -0.15) is 0 Å². The van der Waals surface area contributed by atoms with Crippen LogP contribution in [0.25, 0.3) is 0 Å². The van der Waals surface area contributed by atoms with Gasteiger partial charge in [-0.3, -0.25) is 4.79 Å². The SMILES string of the molecule is CCC(CC)C1CCCCN1C(=O)[C@@H]1CNC[C@]12CNCc1c(C)cccc12. The molecule has 1 unspecified atom stereocenters. The van der Waals surface area contributed by atoms with Gasteiger partial charge >= 0.3 is 0 Å². The van der Waals surface area contributed by atoms with E-state index in [0.717, 1.165) is 39.1 Å². The molecule has 3 heterocycles. The van der Waals surface area contributed by atoms with Crippen LogP contribution in [-0.4, -0.2) is 43.0 Å². The quantitative estimate of drug-likeness (QED) is 0.838. The summed E-state index contributed by atoms with van der Waals surface area (Å²) in [6.45, 7) is 11.2. The van der Waals surface area contributed by atoms with Gasteiger partial charge < -0.3 is 15.5 Å². The largest absolute Gasteiger partial charge is 0.339 e. The summed E-state index contributed by atoms with van der Waals surface area (Å²) < 4.78 is 0. The standard InChI is InChI=1S/C24H37N3O/c1-4-18(5-2)22-11-6-7-12-27(22)23(28)21-14-26-16-24(21)15-25-13-19-17(3)9-8-10-20(19)24/h8-10,18,21-22,25-26H,4-7,11-16H2,1-3H3/t21-,22?,24-/m0/s1. The Hall–Kier alpha value is -1.39. The smallest absolute Gasteiger partial charge is 0.228 e. The van der Waals surface area contributed by atoms with Crippen molar-refractivity contribution in [3.8, 4) is 0 Å². The van der Waals surface area contributed by atoms with Crippen LogP contribution in [0.4, 0.5) is 0 Å². The van der Waals surface area contributed by atoms with E-state index in [0.29, 0.717) is 17.9 Å². The number of nitrogens with one attached hydrogen (secondary N) is 2. The van der Waals surface area contributed by atoms with Crippen LogP contribution in [-0.2, 0) is 16.8 Å². The fourth-order valence-electron chi connectivity index (χ4n) is 6.21. The molecule has 0 aromatic heterocycles. The molecular formula is C24H37N3O. The predicted octanol–water partition coefficient (Wildman–Crippen LogP) is 3.37. The molecule has 0 saturated carbocycles. The van der Waals surface area contributed by atoms with Crippen molar-refractivity contribution in [2.45, 2.75) is 70.9 Å². The van der Waals surface area contributed by atoms with Crippen LogP contribution in [0.1, 0.15) is 62.6 Å². The van der Waals surface area contributed by atoms with Crippen molar-refractivity contribution >= 4 is 5.91 Å². The summed E-state index contributed by atoms with van der Waals surface area (Å²) in [7, 11) is 0. The molecule has 4 nitrogen and oxygen atoms in total. The summed E-state index contributed by atoms with van der Waals surface area (Å²) >= 11 is 0. The van der Waals surface area contributed by atoms with Crippen molar-refractivity contribution in [3.05, 3.63) is 34.9 Å². The molecule has 0 radical (unpaired) electrons. The molecule has 0 aliphatic carbocycles. The summed E-state index contributed by atoms with van der Waals surface area (Å²) in [4.78, 5) is 16.3. The minimum absolute atomic E-state index is 0.0378. The Labute approximate surface area is 170 Å². The lowest BCUT2D eigenvalue weighted by atomic mass is 9.67. The first-order chi connectivity index (χ1) is 13.6. The Morgan fingerprint density at radius 3 is 2.79 bits per heavy atom. The zero-order chi connectivity index (χ0) is 19.7. The topological polar surface area (TPSA) is 44.4 Å². The first kappa shape index (κ1) is 19.9. The van der Waals surface area contributed by atoms with Gasteiger partial charge in [0.25, 0.3) is 0 Å². The number of hydrogen-bond acceptors (Lipinski definition) is 3. The second-order valence-corrected chi connectivity index (χ2v) is 9.22. The second kappa shape index (κ2) is 8.16. The number of carbonyl (C=O) groups excluding carboxylic acids is 1. The number of likely N-dealkylation sites (tertiary alicyclic amines) is 1. The highest BCUT2D eigenvalue weighted by Gasteiger charge is 2.52. The fraction of sp³-hybridized carbons (Fsp3) is 0.708. The molecule has 2 fully saturated rings. The Kier molecular flexibility index (Phi) is 5.80. The Bertz CT molecular complexity index is 714. The van der Waals surface area contributed by atoms with E-state index in [1.807, 2.05) is 0 Å². The Morgan fingerprint density at radius 1 is 1.21 bits per heavy atom. The van der Waals surface area contributed by atoms with Crippen molar-refractivity contribution in [1.82, 2.24) is 15.5 Å². The zero-order valence-electron chi connectivity index (χ0n) is 17.9. The van der Waals surface area contributed by atoms with Gasteiger partial charge in [0, 0.05) is 44.2 Å². The summed E-state index contributed by atoms with van der Waals surface area (Å²) in [5.74, 6) is 1.07. The average molecular weight is 384 g/mol. The molecule has 1 aromatic rings. The number of hydrogen-bond donors (Lipinski definition) is 2. The molecule has 1 spiro atoms. The molecular weight excluding hydrogens is 346 g/mol. The van der Waals surface area contributed by atoms with E-state index in [9.17, 15) is 4.79 Å². The Morgan fingerprint density at radius 2 is 2.00 bits per heavy atom. The van der Waals surface area contributed by atoms with Crippen LogP contribution in [0.5, 0.6) is 0 Å². The van der Waals surface area contributed by atoms with Crippen LogP contribution in [0, 0.1) is 18.8 Å². The van der Waals surface area contributed by atoms with Gasteiger partial charge in [0.2, 0.25) is 5.91 Å². The molecule has 3 aliphatic rings. The maximum Gasteiger partial charge on any atom is 0.228 e. The van der Waals surface area contributed by atoms with Crippen molar-refractivity contribution in [3.63, 3.8) is 0 Å². The number of piperidine rings is 1. The average Bonchev–Trinajstić information content (AvgIpc) is 3.14. The molecule has 28 heavy (non-hydrogen) atoms. The first-order valence-electron chi connectivity index (χ1n) is 11.4. The van der Waals surface area contributed by atoms with E-state index in [1.54, 1.807) is 0 Å². The molecule has 2 N–H and O–H groups in total. The monoisotopic (exact) mass is 383 g/mol. The highest BCUT2D eigenvalue weighted by Crippen LogP contribution is 2.42. The van der Waals surface area contributed by atoms with Crippen LogP contribution in [0.15, 0.2) is 18.2 Å². The summed E-state index contributed by atoms with van der Waals surface area (Å²) in [5, 5.41) is 7.25. The van der Waals surface area contributed by atoms with Crippen LogP contribution in [0.3, 0.4) is 0 Å². The number of carbonyl (C=O) groups is 1. The van der Waals surface area contributed by atoms with Crippen LogP contribution in [0.2, 0.25) is 0 Å². The normalized spacial score (nSPS) is 30.1. The van der Waals surface area contributed by atoms with E-state index in [2.05, 4.69) is 54.5 Å². The lowest BCUT2D eigenvalue weighted by Gasteiger charge is -2.45. The molecule has 1 amide bonds. The number of amides is 1. The Balaban J connectivity index is 1.67. The lowest BCUT2D eigenvalue weighted by molar-refractivity contribution is -0.142. The highest BCUT2D eigenvalue weighted by atomic mass is 16.2. The van der Waals surface area contributed by atoms with Gasteiger partial charge in [-0.05, 0) is 48.8 Å². The maximum absolute atomic E-state index is 14.0. The lowest BCUT2D eigenvalue weighted by Crippen LogP contribution is -2.57. The second-order valence-electron chi connectivity index (χ2n) is 9.22. The predicted molar refractivity (Wildman–Crippen MR) is 114 cm³/mol. The highest BCUT2D eigenvalue weighted by molar-refractivity contribution is 5.82. The molecule has 2 saturated heterocycles. The molecule has 3 atom stereocenters. The first-order valence-corrected chi connectivity index (χ1v) is 11.4. The number of fused-ring (bicyclic) bond motifs is 2. The van der Waals surface area contributed by atoms with Gasteiger partial charge in [0.15, 0.2) is 0 Å². The van der Waals surface area contributed by atoms with E-state index >= 15 is 0 Å². The molecule has 3 aliphatic heterocycles. The van der Waals surface area contributed by atoms with Gasteiger partial charge in [-0.15, -0.1) is 0 Å². The van der Waals surface area contributed by atoms with Gasteiger partial charge in [-0.25, -0.2) is 0 Å². The van der Waals surface area contributed by atoms with Crippen molar-refractivity contribution in [2.75, 3.05) is 26.2 Å². The number of rotatable bonds is 4. The van der Waals surface area contributed by atoms with E-state index in [4.69, 9.17) is 0 Å². The van der Waals surface area contributed by atoms with E-state index in [1.165, 1.54) is 42.4 Å². The molecule has 4 rings (SSSR count). The van der Waals surface area contributed by atoms with Crippen molar-refractivity contribution in [1.29, 1.82) is 0 Å². The summed E-state index contributed by atoms with van der Waals surface area (Å²) in [5.41, 5.74) is 4.05. The third kappa shape index (κ3) is 3.19. The third-order valence-electron chi connectivity index (χ3n) is 7.87. The number of aryl methyl sites for hydroxylation is 1. The minimum Gasteiger partial charge on any atom is -0.339 e. The van der Waals surface area contributed by atoms with Crippen LogP contribution >= 0.6 is 0 Å². The number of nitrogens with zero attached hydrogens (tertiary/aromatic N) is 1. The molecule has 0 bridgehead atoms. The fourth-order valence-corrected chi connectivity index (χ4v) is 6.21. The van der Waals surface area contributed by atoms with Gasteiger partial charge in [-0.1, -0.05) is 44.9 Å². The van der Waals surface area contributed by atoms with Gasteiger partial charge in [0.05, 0.1) is 5.92 Å². The summed E-state index contributed by atoms with van der Waals surface area (Å²) in [6.07, 6.45) is 5.94. The minimum atomic E-state index is -0.105. The maximum atomic E-state index is 14.0. The van der Waals surface area contributed by atoms with Crippen molar-refractivity contribution < 1.29 is 4.79 Å². The number of benzene rings is 1. The molecule has 154 valence electrons. The third-order valence-corrected chi connectivity index (χ3v) is 7.87. The summed E-state index contributed by atoms with van der Waals surface area (Å²) in [6, 6.07) is 7.09. The van der Waals surface area contributed by atoms with Crippen LogP contribution < -0.4 is 10.6 Å².